The third-order valence-electron chi connectivity index (χ3n) is 6.33. The van der Waals surface area contributed by atoms with Gasteiger partial charge in [0.15, 0.2) is 0 Å². The van der Waals surface area contributed by atoms with Crippen molar-refractivity contribution in [2.45, 2.75) is 56.6 Å². The van der Waals surface area contributed by atoms with Gasteiger partial charge in [-0.2, -0.15) is 4.31 Å². The molecule has 3 rings (SSSR count). The molecule has 0 amide bonds. The predicted octanol–water partition coefficient (Wildman–Crippen LogP) is 2.30. The van der Waals surface area contributed by atoms with E-state index in [1.807, 2.05) is 6.92 Å². The number of aliphatic hydroxyl groups is 1. The first kappa shape index (κ1) is 25.2. The van der Waals surface area contributed by atoms with Crippen molar-refractivity contribution >= 4 is 25.6 Å². The van der Waals surface area contributed by atoms with Crippen LogP contribution in [0.25, 0.3) is 5.57 Å². The Balaban J connectivity index is 2.11. The monoisotopic (exact) mass is 486 g/mol. The van der Waals surface area contributed by atoms with Crippen LogP contribution in [0.2, 0.25) is 0 Å². The Morgan fingerprint density at radius 1 is 1.31 bits per heavy atom. The Morgan fingerprint density at radius 2 is 2.03 bits per heavy atom. The third-order valence-corrected chi connectivity index (χ3v) is 9.63. The summed E-state index contributed by atoms with van der Waals surface area (Å²) in [6, 6.07) is 4.51. The number of hydrogen-bond donors (Lipinski definition) is 1. The van der Waals surface area contributed by atoms with E-state index in [1.54, 1.807) is 25.1 Å². The Hall–Kier alpha value is -1.46. The molecule has 32 heavy (non-hydrogen) atoms. The topological polar surface area (TPSA) is 104 Å². The lowest BCUT2D eigenvalue weighted by molar-refractivity contribution is 0.0905. The quantitative estimate of drug-likeness (QED) is 0.662. The average Bonchev–Trinajstić information content (AvgIpc) is 2.75. The van der Waals surface area contributed by atoms with Gasteiger partial charge >= 0.3 is 0 Å². The molecular formula is C22H34N2O6S2. The first-order chi connectivity index (χ1) is 14.9. The fraction of sp³-hybridized carbons (Fsp3) is 0.636. The minimum Gasteiger partial charge on any atom is -0.487 e. The maximum absolute atomic E-state index is 13.5. The van der Waals surface area contributed by atoms with Crippen LogP contribution < -0.4 is 4.74 Å². The van der Waals surface area contributed by atoms with Crippen molar-refractivity contribution in [1.29, 1.82) is 0 Å². The summed E-state index contributed by atoms with van der Waals surface area (Å²) < 4.78 is 59.8. The molecule has 1 aliphatic carbocycles. The molecule has 0 radical (unpaired) electrons. The Bertz CT molecular complexity index is 1070. The van der Waals surface area contributed by atoms with Gasteiger partial charge in [0.25, 0.3) is 0 Å². The molecule has 0 saturated heterocycles. The van der Waals surface area contributed by atoms with E-state index in [-0.39, 0.29) is 36.3 Å². The van der Waals surface area contributed by atoms with Crippen LogP contribution in [0.15, 0.2) is 29.2 Å². The summed E-state index contributed by atoms with van der Waals surface area (Å²) in [7, 11) is -5.87. The van der Waals surface area contributed by atoms with Gasteiger partial charge in [0.2, 0.25) is 20.0 Å². The van der Waals surface area contributed by atoms with E-state index in [0.29, 0.717) is 0 Å². The lowest BCUT2D eigenvalue weighted by atomic mass is 9.93. The van der Waals surface area contributed by atoms with Crippen LogP contribution in [0.4, 0.5) is 0 Å². The molecule has 1 aliphatic heterocycles. The van der Waals surface area contributed by atoms with Crippen molar-refractivity contribution in [3.05, 3.63) is 29.8 Å². The largest absolute Gasteiger partial charge is 0.487 e. The van der Waals surface area contributed by atoms with Gasteiger partial charge in [-0.15, -0.1) is 0 Å². The fourth-order valence-corrected chi connectivity index (χ4v) is 6.38. The normalized spacial score (nSPS) is 25.2. The van der Waals surface area contributed by atoms with Gasteiger partial charge in [-0.25, -0.2) is 21.1 Å². The van der Waals surface area contributed by atoms with E-state index in [2.05, 4.69) is 6.08 Å². The molecule has 0 bridgehead atoms. The third kappa shape index (κ3) is 5.36. The van der Waals surface area contributed by atoms with Crippen molar-refractivity contribution < 1.29 is 26.7 Å². The number of ether oxygens (including phenoxy) is 1. The first-order valence-corrected chi connectivity index (χ1v) is 14.3. The van der Waals surface area contributed by atoms with Gasteiger partial charge in [0, 0.05) is 25.6 Å². The van der Waals surface area contributed by atoms with Crippen LogP contribution in [0, 0.1) is 5.92 Å². The molecule has 0 aromatic heterocycles. The van der Waals surface area contributed by atoms with Gasteiger partial charge in [-0.3, -0.25) is 0 Å². The van der Waals surface area contributed by atoms with Gasteiger partial charge in [-0.05, 0) is 55.9 Å². The van der Waals surface area contributed by atoms with Crippen LogP contribution in [0.1, 0.15) is 45.1 Å². The molecular weight excluding hydrogens is 452 g/mol. The van der Waals surface area contributed by atoms with E-state index >= 15 is 0 Å². The highest BCUT2D eigenvalue weighted by Crippen LogP contribution is 2.37. The van der Waals surface area contributed by atoms with E-state index in [1.165, 1.54) is 21.2 Å². The predicted molar refractivity (Wildman–Crippen MR) is 124 cm³/mol. The number of fused-ring (bicyclic) bond motifs is 1. The van der Waals surface area contributed by atoms with Crippen molar-refractivity contribution in [1.82, 2.24) is 8.61 Å². The van der Waals surface area contributed by atoms with Crippen LogP contribution in [0.3, 0.4) is 0 Å². The van der Waals surface area contributed by atoms with E-state index in [4.69, 9.17) is 4.74 Å². The molecule has 2 aliphatic rings. The van der Waals surface area contributed by atoms with Crippen LogP contribution >= 0.6 is 0 Å². The molecule has 3 atom stereocenters. The summed E-state index contributed by atoms with van der Waals surface area (Å²) in [5.74, 6) is -0.0868. The SMILES string of the molecule is C[C@H]1CN([C@@H](C)CO)S(=O)(=O)c2ccc(C3=CCCCC3)cc2O[C@H]1CN(C)S(C)(=O)=O. The average molecular weight is 487 g/mol. The molecule has 0 fully saturated rings. The van der Waals surface area contributed by atoms with E-state index in [9.17, 15) is 21.9 Å². The smallest absolute Gasteiger partial charge is 0.247 e. The number of allylic oxidation sites excluding steroid dienone is 2. The molecule has 1 aromatic carbocycles. The molecule has 1 N–H and O–H groups in total. The molecule has 10 heteroatoms. The standard InChI is InChI=1S/C22H34N2O6S2/c1-16-13-24(17(2)15-25)32(28,29)22-11-10-19(18-8-6-5-7-9-18)12-20(22)30-21(16)14-23(3)31(4,26)27/h8,10-12,16-17,21,25H,5-7,9,13-15H2,1-4H3/t16-,17-,21-/m0/s1. The van der Waals surface area contributed by atoms with E-state index in [0.717, 1.165) is 37.5 Å². The number of likely N-dealkylation sites (N-methyl/N-ethyl adjacent to an activating group) is 1. The van der Waals surface area contributed by atoms with Gasteiger partial charge in [-0.1, -0.05) is 19.1 Å². The molecule has 1 heterocycles. The number of hydrogen-bond acceptors (Lipinski definition) is 6. The van der Waals surface area contributed by atoms with Crippen LogP contribution in [0.5, 0.6) is 5.75 Å². The van der Waals surface area contributed by atoms with Crippen molar-refractivity contribution in [2.24, 2.45) is 5.92 Å². The number of sulfonamides is 2. The van der Waals surface area contributed by atoms with Crippen molar-refractivity contribution in [3.8, 4) is 5.75 Å². The van der Waals surface area contributed by atoms with Crippen molar-refractivity contribution in [2.75, 3.05) is 33.0 Å². The summed E-state index contributed by atoms with van der Waals surface area (Å²) in [4.78, 5) is 0.0388. The maximum atomic E-state index is 13.5. The Labute approximate surface area is 192 Å². The minimum absolute atomic E-state index is 0.0388. The maximum Gasteiger partial charge on any atom is 0.247 e. The zero-order chi connectivity index (χ0) is 23.7. The second-order valence-electron chi connectivity index (χ2n) is 8.92. The number of nitrogens with zero attached hydrogens (tertiary/aromatic N) is 2. The van der Waals surface area contributed by atoms with Gasteiger partial charge < -0.3 is 9.84 Å². The van der Waals surface area contributed by atoms with E-state index < -0.39 is 32.2 Å². The number of aliphatic hydroxyl groups excluding tert-OH is 1. The zero-order valence-corrected chi connectivity index (χ0v) is 20.8. The second kappa shape index (κ2) is 9.80. The lowest BCUT2D eigenvalue weighted by Crippen LogP contribution is -2.50. The number of benzene rings is 1. The van der Waals surface area contributed by atoms with Crippen LogP contribution in [-0.4, -0.2) is 75.7 Å². The molecule has 180 valence electrons. The summed E-state index contributed by atoms with van der Waals surface area (Å²) >= 11 is 0. The molecule has 0 saturated carbocycles. The number of rotatable bonds is 6. The van der Waals surface area contributed by atoms with Gasteiger partial charge in [0.1, 0.15) is 16.7 Å². The second-order valence-corrected chi connectivity index (χ2v) is 12.9. The summed E-state index contributed by atoms with van der Waals surface area (Å²) in [6.45, 7) is 3.38. The van der Waals surface area contributed by atoms with Crippen molar-refractivity contribution in [3.63, 3.8) is 0 Å². The molecule has 0 spiro atoms. The summed E-state index contributed by atoms with van der Waals surface area (Å²) in [6.07, 6.45) is 6.90. The Morgan fingerprint density at radius 3 is 2.62 bits per heavy atom. The first-order valence-electron chi connectivity index (χ1n) is 11.0. The summed E-state index contributed by atoms with van der Waals surface area (Å²) in [5, 5.41) is 9.72. The zero-order valence-electron chi connectivity index (χ0n) is 19.2. The highest BCUT2D eigenvalue weighted by atomic mass is 32.2. The minimum atomic E-state index is -3.92. The lowest BCUT2D eigenvalue weighted by Gasteiger charge is -2.37. The van der Waals surface area contributed by atoms with Crippen LogP contribution in [-0.2, 0) is 20.0 Å². The Kier molecular flexibility index (Phi) is 7.71. The highest BCUT2D eigenvalue weighted by Gasteiger charge is 2.38. The summed E-state index contributed by atoms with van der Waals surface area (Å²) in [5.41, 5.74) is 2.09. The van der Waals surface area contributed by atoms with Gasteiger partial charge in [0.05, 0.1) is 19.4 Å². The highest BCUT2D eigenvalue weighted by molar-refractivity contribution is 7.89. The molecule has 0 unspecified atom stereocenters. The fourth-order valence-electron chi connectivity index (χ4n) is 4.13. The molecule has 8 nitrogen and oxygen atoms in total. The molecule has 1 aromatic rings.